The first-order valence-corrected chi connectivity index (χ1v) is 4.22. The molecule has 76 valence electrons. The molecule has 2 rings (SSSR count). The van der Waals surface area contributed by atoms with E-state index in [2.05, 4.69) is 5.32 Å². The summed E-state index contributed by atoms with van der Waals surface area (Å²) >= 11 is 5.59. The van der Waals surface area contributed by atoms with Gasteiger partial charge in [0.25, 0.3) is 11.7 Å². The number of anilines is 1. The quantitative estimate of drug-likeness (QED) is 0.445. The number of fused-ring (bicyclic) bond motifs is 1. The van der Waals surface area contributed by atoms with Crippen molar-refractivity contribution in [2.24, 2.45) is 0 Å². The van der Waals surface area contributed by atoms with Crippen LogP contribution in [-0.4, -0.2) is 16.6 Å². The summed E-state index contributed by atoms with van der Waals surface area (Å²) in [5, 5.41) is 12.7. The lowest BCUT2D eigenvalue weighted by Gasteiger charge is -2.00. The third-order valence-corrected chi connectivity index (χ3v) is 2.31. The summed E-state index contributed by atoms with van der Waals surface area (Å²) in [6, 6.07) is 2.50. The lowest BCUT2D eigenvalue weighted by molar-refractivity contribution is -0.383. The highest BCUT2D eigenvalue weighted by Crippen LogP contribution is 2.38. The Bertz CT molecular complexity index is 512. The predicted molar refractivity (Wildman–Crippen MR) is 51.1 cm³/mol. The number of hydrogen-bond donors (Lipinski definition) is 1. The van der Waals surface area contributed by atoms with Crippen molar-refractivity contribution in [3.63, 3.8) is 0 Å². The van der Waals surface area contributed by atoms with Crippen LogP contribution in [0.25, 0.3) is 0 Å². The molecule has 1 amide bonds. The molecule has 6 nitrogen and oxygen atoms in total. The van der Waals surface area contributed by atoms with E-state index < -0.39 is 22.3 Å². The highest BCUT2D eigenvalue weighted by molar-refractivity contribution is 6.52. The predicted octanol–water partition coefficient (Wildman–Crippen LogP) is 1.38. The third-order valence-electron chi connectivity index (χ3n) is 2.00. The Morgan fingerprint density at radius 3 is 2.60 bits per heavy atom. The zero-order valence-corrected chi connectivity index (χ0v) is 7.87. The summed E-state index contributed by atoms with van der Waals surface area (Å²) in [6.45, 7) is 0. The van der Waals surface area contributed by atoms with Gasteiger partial charge in [-0.1, -0.05) is 11.6 Å². The molecule has 0 bridgehead atoms. The van der Waals surface area contributed by atoms with Crippen molar-refractivity contribution in [1.82, 2.24) is 0 Å². The summed E-state index contributed by atoms with van der Waals surface area (Å²) in [7, 11) is 0. The number of rotatable bonds is 1. The molecule has 0 spiro atoms. The standard InChI is InChI=1S/C8H3ClN2O4/c9-4-2-1-3-5(6(4)11(14)15)10-8(13)7(3)12/h1-2H,(H,10,12,13). The summed E-state index contributed by atoms with van der Waals surface area (Å²) in [4.78, 5) is 32.1. The number of nitrogens with zero attached hydrogens (tertiary/aromatic N) is 1. The van der Waals surface area contributed by atoms with E-state index in [1.807, 2.05) is 0 Å². The second-order valence-electron chi connectivity index (χ2n) is 2.86. The largest absolute Gasteiger partial charge is 0.313 e. The maximum absolute atomic E-state index is 11.2. The minimum absolute atomic E-state index is 0.0175. The van der Waals surface area contributed by atoms with E-state index in [4.69, 9.17) is 11.6 Å². The Balaban J connectivity index is 2.74. The van der Waals surface area contributed by atoms with E-state index >= 15 is 0 Å². The van der Waals surface area contributed by atoms with Crippen molar-refractivity contribution in [3.8, 4) is 0 Å². The molecule has 0 fully saturated rings. The van der Waals surface area contributed by atoms with Crippen molar-refractivity contribution < 1.29 is 14.5 Å². The molecule has 0 aliphatic carbocycles. The van der Waals surface area contributed by atoms with Gasteiger partial charge < -0.3 is 5.32 Å². The summed E-state index contributed by atoms with van der Waals surface area (Å²) < 4.78 is 0. The van der Waals surface area contributed by atoms with E-state index in [1.165, 1.54) is 12.1 Å². The average Bonchev–Trinajstić information content (AvgIpc) is 2.42. The number of amides is 1. The number of carbonyl (C=O) groups excluding carboxylic acids is 2. The van der Waals surface area contributed by atoms with Crippen LogP contribution < -0.4 is 5.32 Å². The highest BCUT2D eigenvalue weighted by Gasteiger charge is 2.35. The van der Waals surface area contributed by atoms with Gasteiger partial charge in [0.05, 0.1) is 10.5 Å². The zero-order valence-electron chi connectivity index (χ0n) is 7.11. The maximum atomic E-state index is 11.2. The molecule has 1 aromatic rings. The molecular formula is C8H3ClN2O4. The molecule has 7 heteroatoms. The van der Waals surface area contributed by atoms with E-state index in [9.17, 15) is 19.7 Å². The molecule has 0 unspecified atom stereocenters. The van der Waals surface area contributed by atoms with Crippen molar-refractivity contribution in [1.29, 1.82) is 0 Å². The van der Waals surface area contributed by atoms with Gasteiger partial charge in [0, 0.05) is 0 Å². The number of Topliss-reactive ketones (excluding diaryl/α,β-unsaturated/α-hetero) is 1. The van der Waals surface area contributed by atoms with Crippen LogP contribution in [0.3, 0.4) is 0 Å². The monoisotopic (exact) mass is 226 g/mol. The maximum Gasteiger partial charge on any atom is 0.311 e. The molecule has 1 aliphatic rings. The molecule has 0 radical (unpaired) electrons. The van der Waals surface area contributed by atoms with Crippen LogP contribution in [0.15, 0.2) is 12.1 Å². The highest BCUT2D eigenvalue weighted by atomic mass is 35.5. The van der Waals surface area contributed by atoms with Gasteiger partial charge in [-0.15, -0.1) is 0 Å². The van der Waals surface area contributed by atoms with Crippen molar-refractivity contribution in [3.05, 3.63) is 32.8 Å². The first-order chi connectivity index (χ1) is 7.02. The minimum atomic E-state index is -0.879. The van der Waals surface area contributed by atoms with E-state index in [0.29, 0.717) is 0 Å². The molecule has 1 aliphatic heterocycles. The fourth-order valence-electron chi connectivity index (χ4n) is 1.35. The van der Waals surface area contributed by atoms with Crippen molar-refractivity contribution in [2.45, 2.75) is 0 Å². The number of halogens is 1. The molecular weight excluding hydrogens is 224 g/mol. The molecule has 1 N–H and O–H groups in total. The molecule has 0 aromatic heterocycles. The normalized spacial score (nSPS) is 13.7. The van der Waals surface area contributed by atoms with Gasteiger partial charge in [-0.05, 0) is 12.1 Å². The van der Waals surface area contributed by atoms with E-state index in [1.54, 1.807) is 0 Å². The Labute approximate surface area is 88.0 Å². The number of nitro benzene ring substituents is 1. The first kappa shape index (κ1) is 9.60. The average molecular weight is 227 g/mol. The molecule has 0 saturated heterocycles. The summed E-state index contributed by atoms with van der Waals surface area (Å²) in [5.41, 5.74) is -0.591. The van der Waals surface area contributed by atoms with Gasteiger partial charge >= 0.3 is 5.69 Å². The second kappa shape index (κ2) is 3.03. The number of nitrogens with one attached hydrogen (secondary N) is 1. The summed E-state index contributed by atoms with van der Waals surface area (Å²) in [5.74, 6) is -1.67. The minimum Gasteiger partial charge on any atom is -0.313 e. The van der Waals surface area contributed by atoms with Crippen LogP contribution in [0, 0.1) is 10.1 Å². The van der Waals surface area contributed by atoms with Crippen LogP contribution in [0.1, 0.15) is 10.4 Å². The van der Waals surface area contributed by atoms with Gasteiger partial charge in [-0.3, -0.25) is 19.7 Å². The lowest BCUT2D eigenvalue weighted by Crippen LogP contribution is -2.12. The topological polar surface area (TPSA) is 89.3 Å². The Morgan fingerprint density at radius 1 is 1.33 bits per heavy atom. The number of hydrogen-bond acceptors (Lipinski definition) is 4. The van der Waals surface area contributed by atoms with Crippen LogP contribution in [-0.2, 0) is 4.79 Å². The molecule has 1 heterocycles. The number of benzene rings is 1. The zero-order chi connectivity index (χ0) is 11.2. The Hall–Kier alpha value is -1.95. The van der Waals surface area contributed by atoms with Gasteiger partial charge in [-0.2, -0.15) is 0 Å². The van der Waals surface area contributed by atoms with Gasteiger partial charge in [-0.25, -0.2) is 0 Å². The Kier molecular flexibility index (Phi) is 1.94. The van der Waals surface area contributed by atoms with Gasteiger partial charge in [0.15, 0.2) is 0 Å². The van der Waals surface area contributed by atoms with Gasteiger partial charge in [0.2, 0.25) is 0 Å². The van der Waals surface area contributed by atoms with Crippen molar-refractivity contribution in [2.75, 3.05) is 5.32 Å². The van der Waals surface area contributed by atoms with Crippen LogP contribution in [0.2, 0.25) is 5.02 Å². The smallest absolute Gasteiger partial charge is 0.311 e. The number of nitro groups is 1. The van der Waals surface area contributed by atoms with Crippen molar-refractivity contribution >= 4 is 34.7 Å². The van der Waals surface area contributed by atoms with Gasteiger partial charge in [0.1, 0.15) is 10.7 Å². The molecule has 0 atom stereocenters. The molecule has 0 saturated carbocycles. The Morgan fingerprint density at radius 2 is 2.00 bits per heavy atom. The molecule has 15 heavy (non-hydrogen) atoms. The van der Waals surface area contributed by atoms with Crippen LogP contribution in [0.4, 0.5) is 11.4 Å². The second-order valence-corrected chi connectivity index (χ2v) is 3.27. The number of ketones is 1. The molecule has 1 aromatic carbocycles. The van der Waals surface area contributed by atoms with E-state index in [-0.39, 0.29) is 16.3 Å². The summed E-state index contributed by atoms with van der Waals surface area (Å²) in [6.07, 6.45) is 0. The fraction of sp³-hybridized carbons (Fsp3) is 0. The van der Waals surface area contributed by atoms with E-state index in [0.717, 1.165) is 0 Å². The van der Waals surface area contributed by atoms with Crippen LogP contribution >= 0.6 is 11.6 Å². The fourth-order valence-corrected chi connectivity index (χ4v) is 1.58. The number of carbonyl (C=O) groups is 2. The lowest BCUT2D eigenvalue weighted by atomic mass is 10.1. The first-order valence-electron chi connectivity index (χ1n) is 3.85. The van der Waals surface area contributed by atoms with Crippen LogP contribution in [0.5, 0.6) is 0 Å². The third kappa shape index (κ3) is 1.26. The SMILES string of the molecule is O=C1Nc2c(ccc(Cl)c2[N+](=O)[O-])C1=O.